The van der Waals surface area contributed by atoms with Crippen molar-refractivity contribution in [2.24, 2.45) is 5.41 Å². The van der Waals surface area contributed by atoms with Gasteiger partial charge in [-0.1, -0.05) is 37.3 Å². The zero-order valence-corrected chi connectivity index (χ0v) is 13.6. The van der Waals surface area contributed by atoms with E-state index in [-0.39, 0.29) is 17.6 Å². The van der Waals surface area contributed by atoms with Crippen molar-refractivity contribution in [2.45, 2.75) is 32.4 Å². The predicted molar refractivity (Wildman–Crippen MR) is 86.1 cm³/mol. The number of carbonyl (C=O) groups excluding carboxylic acids is 1. The predicted octanol–water partition coefficient (Wildman–Crippen LogP) is 3.64. The molecule has 1 saturated heterocycles. The minimum atomic E-state index is -4.59. The number of aliphatic hydroxyl groups excluding tert-OH is 1. The van der Waals surface area contributed by atoms with Gasteiger partial charge in [0.2, 0.25) is 5.91 Å². The largest absolute Gasteiger partial charge is 0.417 e. The fourth-order valence-electron chi connectivity index (χ4n) is 2.99. The van der Waals surface area contributed by atoms with Crippen molar-refractivity contribution < 1.29 is 23.1 Å². The van der Waals surface area contributed by atoms with Gasteiger partial charge >= 0.3 is 6.18 Å². The third kappa shape index (κ3) is 4.17. The number of piperidine rings is 1. The molecule has 0 aliphatic carbocycles. The number of nitrogens with zero attached hydrogens (tertiary/aromatic N) is 1. The van der Waals surface area contributed by atoms with Crippen molar-refractivity contribution >= 4 is 11.5 Å². The van der Waals surface area contributed by atoms with Crippen LogP contribution in [-0.2, 0) is 4.79 Å². The number of hydrogen-bond acceptors (Lipinski definition) is 2. The van der Waals surface area contributed by atoms with Crippen LogP contribution in [0.1, 0.15) is 31.7 Å². The highest BCUT2D eigenvalue weighted by Gasteiger charge is 2.37. The number of alkyl halides is 3. The Bertz CT molecular complexity index is 582. The van der Waals surface area contributed by atoms with Gasteiger partial charge in [-0.3, -0.25) is 4.79 Å². The molecule has 1 aromatic carbocycles. The fourth-order valence-corrected chi connectivity index (χ4v) is 2.99. The van der Waals surface area contributed by atoms with E-state index in [0.717, 1.165) is 6.42 Å². The number of hydrogen-bond donors (Lipinski definition) is 1. The van der Waals surface area contributed by atoms with Gasteiger partial charge < -0.3 is 10.0 Å². The second-order valence-corrected chi connectivity index (χ2v) is 6.26. The topological polar surface area (TPSA) is 40.5 Å². The van der Waals surface area contributed by atoms with Crippen LogP contribution in [0.15, 0.2) is 36.4 Å². The van der Waals surface area contributed by atoms with Crippen molar-refractivity contribution in [1.82, 2.24) is 4.90 Å². The van der Waals surface area contributed by atoms with Crippen molar-refractivity contribution in [3.63, 3.8) is 0 Å². The average Bonchev–Trinajstić information content (AvgIpc) is 2.59. The first kappa shape index (κ1) is 18.5. The Morgan fingerprint density at radius 1 is 1.25 bits per heavy atom. The number of likely N-dealkylation sites (tertiary alicyclic amines) is 1. The Kier molecular flexibility index (Phi) is 5.70. The number of carbonyl (C=O) groups is 1. The monoisotopic (exact) mass is 341 g/mol. The molecule has 0 spiro atoms. The van der Waals surface area contributed by atoms with E-state index in [1.807, 2.05) is 6.92 Å². The minimum absolute atomic E-state index is 0.0198. The van der Waals surface area contributed by atoms with E-state index in [2.05, 4.69) is 0 Å². The van der Waals surface area contributed by atoms with E-state index >= 15 is 0 Å². The van der Waals surface area contributed by atoms with Crippen molar-refractivity contribution in [3.8, 4) is 0 Å². The minimum Gasteiger partial charge on any atom is -0.396 e. The van der Waals surface area contributed by atoms with Crippen LogP contribution in [0.5, 0.6) is 0 Å². The van der Waals surface area contributed by atoms with E-state index in [9.17, 15) is 23.1 Å². The molecule has 0 unspecified atom stereocenters. The number of allylic oxidation sites excluding steroid dienone is 1. The molecule has 0 aromatic heterocycles. The van der Waals surface area contributed by atoms with Gasteiger partial charge in [0, 0.05) is 25.8 Å². The Morgan fingerprint density at radius 2 is 1.83 bits per heavy atom. The van der Waals surface area contributed by atoms with Gasteiger partial charge in [0.1, 0.15) is 0 Å². The molecule has 1 aliphatic heterocycles. The average molecular weight is 341 g/mol. The quantitative estimate of drug-likeness (QED) is 0.850. The smallest absolute Gasteiger partial charge is 0.396 e. The Hall–Kier alpha value is -1.82. The molecule has 1 N–H and O–H groups in total. The number of aliphatic hydroxyl groups is 1. The van der Waals surface area contributed by atoms with Crippen LogP contribution in [0.2, 0.25) is 0 Å². The summed E-state index contributed by atoms with van der Waals surface area (Å²) in [7, 11) is 0. The SMILES string of the molecule is CCC1(CO)CCN(C(=O)/C=C(/c2ccccc2)C(F)(F)F)CC1. The molecule has 1 aliphatic rings. The Balaban J connectivity index is 2.18. The molecule has 1 heterocycles. The van der Waals surface area contributed by atoms with Crippen LogP contribution in [0.4, 0.5) is 13.2 Å². The normalized spacial score (nSPS) is 18.5. The second-order valence-electron chi connectivity index (χ2n) is 6.26. The summed E-state index contributed by atoms with van der Waals surface area (Å²) in [6.45, 7) is 2.75. The first-order valence-electron chi connectivity index (χ1n) is 8.05. The lowest BCUT2D eigenvalue weighted by Crippen LogP contribution is -2.44. The summed E-state index contributed by atoms with van der Waals surface area (Å²) in [6.07, 6.45) is -1.91. The van der Waals surface area contributed by atoms with Crippen molar-refractivity contribution in [1.29, 1.82) is 0 Å². The molecule has 1 fully saturated rings. The van der Waals surface area contributed by atoms with E-state index in [4.69, 9.17) is 0 Å². The van der Waals surface area contributed by atoms with Crippen LogP contribution in [0.3, 0.4) is 0 Å². The van der Waals surface area contributed by atoms with Crippen LogP contribution < -0.4 is 0 Å². The molecule has 3 nitrogen and oxygen atoms in total. The van der Waals surface area contributed by atoms with Crippen LogP contribution in [0, 0.1) is 5.41 Å². The van der Waals surface area contributed by atoms with E-state index in [1.54, 1.807) is 6.07 Å². The van der Waals surface area contributed by atoms with Gasteiger partial charge in [-0.05, 0) is 30.2 Å². The molecule has 0 bridgehead atoms. The summed E-state index contributed by atoms with van der Waals surface area (Å²) in [5, 5.41) is 9.50. The number of benzene rings is 1. The van der Waals surface area contributed by atoms with Gasteiger partial charge in [0.05, 0.1) is 5.57 Å². The number of rotatable bonds is 4. The molecule has 1 aromatic rings. The first-order valence-corrected chi connectivity index (χ1v) is 8.05. The lowest BCUT2D eigenvalue weighted by molar-refractivity contribution is -0.129. The molecule has 0 atom stereocenters. The van der Waals surface area contributed by atoms with Crippen LogP contribution in [0.25, 0.3) is 5.57 Å². The molecular formula is C18H22F3NO2. The van der Waals surface area contributed by atoms with Crippen molar-refractivity contribution in [2.75, 3.05) is 19.7 Å². The van der Waals surface area contributed by atoms with Crippen LogP contribution >= 0.6 is 0 Å². The zero-order valence-electron chi connectivity index (χ0n) is 13.6. The molecule has 0 saturated carbocycles. The molecule has 132 valence electrons. The maximum Gasteiger partial charge on any atom is 0.417 e. The van der Waals surface area contributed by atoms with Crippen LogP contribution in [-0.4, -0.2) is 41.8 Å². The molecule has 1 amide bonds. The lowest BCUT2D eigenvalue weighted by atomic mass is 9.77. The van der Waals surface area contributed by atoms with E-state index < -0.39 is 17.7 Å². The fraction of sp³-hybridized carbons (Fsp3) is 0.500. The van der Waals surface area contributed by atoms with Gasteiger partial charge in [-0.2, -0.15) is 13.2 Å². The summed E-state index contributed by atoms with van der Waals surface area (Å²) in [4.78, 5) is 13.7. The van der Waals surface area contributed by atoms with E-state index in [0.29, 0.717) is 32.0 Å². The zero-order chi connectivity index (χ0) is 17.8. The summed E-state index contributed by atoms with van der Waals surface area (Å²) in [5.74, 6) is -0.631. The standard InChI is InChI=1S/C18H22F3NO2/c1-2-17(13-23)8-10-22(11-9-17)16(24)12-15(18(19,20)21)14-6-4-3-5-7-14/h3-7,12,23H,2,8-11,13H2,1H3/b15-12-. The summed E-state index contributed by atoms with van der Waals surface area (Å²) >= 11 is 0. The Morgan fingerprint density at radius 3 is 2.29 bits per heavy atom. The molecule has 6 heteroatoms. The lowest BCUT2D eigenvalue weighted by Gasteiger charge is -2.40. The van der Waals surface area contributed by atoms with Gasteiger partial charge in [-0.25, -0.2) is 0 Å². The number of halogens is 3. The van der Waals surface area contributed by atoms with Gasteiger partial charge in [0.15, 0.2) is 0 Å². The highest BCUT2D eigenvalue weighted by molar-refractivity contribution is 5.96. The van der Waals surface area contributed by atoms with Gasteiger partial charge in [-0.15, -0.1) is 0 Å². The summed E-state index contributed by atoms with van der Waals surface area (Å²) in [5.41, 5.74) is -1.16. The molecular weight excluding hydrogens is 319 g/mol. The first-order chi connectivity index (χ1) is 11.3. The molecule has 2 rings (SSSR count). The third-order valence-corrected chi connectivity index (χ3v) is 4.88. The molecule has 0 radical (unpaired) electrons. The second kappa shape index (κ2) is 7.38. The highest BCUT2D eigenvalue weighted by Crippen LogP contribution is 2.36. The summed E-state index contributed by atoms with van der Waals surface area (Å²) < 4.78 is 39.9. The Labute approximate surface area is 139 Å². The van der Waals surface area contributed by atoms with Gasteiger partial charge in [0.25, 0.3) is 0 Å². The number of amides is 1. The molecule has 24 heavy (non-hydrogen) atoms. The maximum atomic E-state index is 13.3. The van der Waals surface area contributed by atoms with E-state index in [1.165, 1.54) is 29.2 Å². The third-order valence-electron chi connectivity index (χ3n) is 4.88. The highest BCUT2D eigenvalue weighted by atomic mass is 19.4. The summed E-state index contributed by atoms with van der Waals surface area (Å²) in [6, 6.07) is 7.34. The maximum absolute atomic E-state index is 13.3. The van der Waals surface area contributed by atoms with Crippen molar-refractivity contribution in [3.05, 3.63) is 42.0 Å².